The second kappa shape index (κ2) is 13.8. The lowest BCUT2D eigenvalue weighted by molar-refractivity contribution is -0.177. The number of phenols is 1. The summed E-state index contributed by atoms with van der Waals surface area (Å²) >= 11 is 0. The summed E-state index contributed by atoms with van der Waals surface area (Å²) in [5.41, 5.74) is 3.58. The van der Waals surface area contributed by atoms with Gasteiger partial charge in [0.15, 0.2) is 5.78 Å². The zero-order valence-electron chi connectivity index (χ0n) is 24.7. The van der Waals surface area contributed by atoms with Crippen LogP contribution in [0.4, 0.5) is 8.78 Å². The summed E-state index contributed by atoms with van der Waals surface area (Å²) in [6.07, 6.45) is -3.38. The fraction of sp³-hybridized carbons (Fsp3) is 0.333. The summed E-state index contributed by atoms with van der Waals surface area (Å²) in [6, 6.07) is 15.4. The third kappa shape index (κ3) is 7.11. The number of aliphatic hydroxyl groups is 1. The third-order valence-corrected chi connectivity index (χ3v) is 7.24. The lowest BCUT2D eigenvalue weighted by Gasteiger charge is -2.18. The molecule has 1 atom stereocenters. The van der Waals surface area contributed by atoms with Gasteiger partial charge in [-0.3, -0.25) is 9.59 Å². The maximum Gasteiger partial charge on any atom is 0.397 e. The van der Waals surface area contributed by atoms with Crippen molar-refractivity contribution in [1.29, 1.82) is 0 Å². The number of aliphatic hydroxyl groups excluding tert-OH is 1. The molecule has 0 radical (unpaired) electrons. The number of phenolic OH excluding ortho intramolecular Hbond substituents is 1. The van der Waals surface area contributed by atoms with E-state index in [4.69, 9.17) is 9.47 Å². The maximum atomic E-state index is 14.3. The Morgan fingerprint density at radius 2 is 1.61 bits per heavy atom. The molecule has 11 heteroatoms. The first-order valence-corrected chi connectivity index (χ1v) is 14.4. The molecular weight excluding hydrogens is 574 g/mol. The van der Waals surface area contributed by atoms with E-state index in [1.165, 1.54) is 43.3 Å². The van der Waals surface area contributed by atoms with Crippen molar-refractivity contribution in [3.8, 4) is 17.2 Å². The second-order valence-electron chi connectivity index (χ2n) is 10.4. The number of ketones is 1. The van der Waals surface area contributed by atoms with Crippen LogP contribution in [0.5, 0.6) is 17.2 Å². The van der Waals surface area contributed by atoms with Gasteiger partial charge in [0.25, 0.3) is 6.29 Å². The van der Waals surface area contributed by atoms with Gasteiger partial charge in [-0.1, -0.05) is 39.7 Å². The van der Waals surface area contributed by atoms with Crippen molar-refractivity contribution >= 4 is 22.6 Å². The molecule has 1 aromatic heterocycles. The van der Waals surface area contributed by atoms with Crippen LogP contribution in [0.3, 0.4) is 0 Å². The molecule has 4 aromatic rings. The van der Waals surface area contributed by atoms with Gasteiger partial charge in [0.2, 0.25) is 0 Å². The van der Waals surface area contributed by atoms with Crippen molar-refractivity contribution in [3.05, 3.63) is 93.5 Å². The van der Waals surface area contributed by atoms with E-state index in [0.29, 0.717) is 47.0 Å². The standard InChI is InChI=1S/C33H34F2N2O7/c1-4-7-20-11-14-24(43-32(41)31(40)36-42)17-22(20)19-37-27(8-5-2)29(30(39)21-9-12-23(38)13-10-21)26-16-15-25(18-28(26)37)44-33(34,35)6-3/h9-18,32,38,41H,4-8,19H2,1-3H3. The third-order valence-electron chi connectivity index (χ3n) is 7.24. The lowest BCUT2D eigenvalue weighted by Crippen LogP contribution is -2.24. The highest BCUT2D eigenvalue weighted by Gasteiger charge is 2.30. The summed E-state index contributed by atoms with van der Waals surface area (Å²) in [4.78, 5) is 36.1. The molecule has 232 valence electrons. The number of alkyl halides is 2. The fourth-order valence-corrected chi connectivity index (χ4v) is 5.11. The number of benzene rings is 3. The molecule has 0 aliphatic heterocycles. The number of halogens is 2. The van der Waals surface area contributed by atoms with Crippen LogP contribution in [0.2, 0.25) is 0 Å². The fourth-order valence-electron chi connectivity index (χ4n) is 5.11. The maximum absolute atomic E-state index is 14.3. The van der Waals surface area contributed by atoms with Crippen molar-refractivity contribution < 1.29 is 38.1 Å². The summed E-state index contributed by atoms with van der Waals surface area (Å²) in [7, 11) is 0. The SMILES string of the molecule is CCCc1ccc(OC(O)C(=O)N=O)cc1Cn1c(CCC)c(C(=O)c2ccc(O)cc2)c2ccc(OC(F)(F)CC)cc21. The molecular formula is C33H34F2N2O7. The number of aromatic nitrogens is 1. The summed E-state index contributed by atoms with van der Waals surface area (Å²) in [5.74, 6) is -1.61. The molecule has 0 spiro atoms. The first-order chi connectivity index (χ1) is 21.0. The molecule has 0 saturated carbocycles. The first-order valence-electron chi connectivity index (χ1n) is 14.4. The molecule has 44 heavy (non-hydrogen) atoms. The Morgan fingerprint density at radius 3 is 2.25 bits per heavy atom. The van der Waals surface area contributed by atoms with E-state index in [2.05, 4.69) is 5.18 Å². The Bertz CT molecular complexity index is 1670. The molecule has 0 saturated heterocycles. The van der Waals surface area contributed by atoms with Crippen molar-refractivity contribution in [2.45, 2.75) is 71.8 Å². The highest BCUT2D eigenvalue weighted by molar-refractivity contribution is 6.17. The van der Waals surface area contributed by atoms with E-state index in [-0.39, 0.29) is 29.6 Å². The minimum Gasteiger partial charge on any atom is -0.508 e. The molecule has 1 unspecified atom stereocenters. The van der Waals surface area contributed by atoms with E-state index in [1.807, 2.05) is 18.4 Å². The average molecular weight is 609 g/mol. The topological polar surface area (TPSA) is 127 Å². The van der Waals surface area contributed by atoms with Gasteiger partial charge in [0, 0.05) is 40.9 Å². The summed E-state index contributed by atoms with van der Waals surface area (Å²) in [6.45, 7) is 5.47. The number of ether oxygens (including phenoxy) is 2. The van der Waals surface area contributed by atoms with E-state index >= 15 is 0 Å². The number of rotatable bonds is 14. The Kier molecular flexibility index (Phi) is 10.1. The van der Waals surface area contributed by atoms with Gasteiger partial charge in [0.05, 0.1) is 11.1 Å². The number of nitrogens with zero attached hydrogens (tertiary/aromatic N) is 2. The molecule has 0 aliphatic rings. The number of nitroso groups, excluding NO2 is 1. The van der Waals surface area contributed by atoms with Crippen molar-refractivity contribution in [3.63, 3.8) is 0 Å². The number of hydrogen-bond donors (Lipinski definition) is 2. The van der Waals surface area contributed by atoms with Crippen LogP contribution >= 0.6 is 0 Å². The highest BCUT2D eigenvalue weighted by Crippen LogP contribution is 2.35. The Balaban J connectivity index is 1.93. The van der Waals surface area contributed by atoms with E-state index in [0.717, 1.165) is 17.5 Å². The van der Waals surface area contributed by atoms with Crippen LogP contribution in [0, 0.1) is 4.91 Å². The molecule has 4 rings (SSSR count). The smallest absolute Gasteiger partial charge is 0.397 e. The van der Waals surface area contributed by atoms with Gasteiger partial charge < -0.3 is 24.3 Å². The van der Waals surface area contributed by atoms with E-state index in [1.54, 1.807) is 24.3 Å². The van der Waals surface area contributed by atoms with Crippen LogP contribution < -0.4 is 9.47 Å². The predicted octanol–water partition coefficient (Wildman–Crippen LogP) is 6.90. The predicted molar refractivity (Wildman–Crippen MR) is 160 cm³/mol. The summed E-state index contributed by atoms with van der Waals surface area (Å²) in [5, 5.41) is 22.4. The molecule has 2 N–H and O–H groups in total. The molecule has 0 fully saturated rings. The Hall–Kier alpha value is -4.64. The normalized spacial score (nSPS) is 12.2. The van der Waals surface area contributed by atoms with Crippen LogP contribution in [-0.2, 0) is 24.2 Å². The van der Waals surface area contributed by atoms with Crippen LogP contribution in [0.25, 0.3) is 10.9 Å². The number of amides is 1. The van der Waals surface area contributed by atoms with Gasteiger partial charge in [0.1, 0.15) is 17.2 Å². The molecule has 9 nitrogen and oxygen atoms in total. The van der Waals surface area contributed by atoms with Gasteiger partial charge in [-0.2, -0.15) is 8.78 Å². The number of carbonyl (C=O) groups excluding carboxylic acids is 2. The highest BCUT2D eigenvalue weighted by atomic mass is 19.3. The monoisotopic (exact) mass is 608 g/mol. The number of hydrogen-bond acceptors (Lipinski definition) is 7. The number of fused-ring (bicyclic) bond motifs is 1. The average Bonchev–Trinajstić information content (AvgIpc) is 3.29. The number of aryl methyl sites for hydroxylation is 1. The second-order valence-corrected chi connectivity index (χ2v) is 10.4. The van der Waals surface area contributed by atoms with Crippen molar-refractivity contribution in [1.82, 2.24) is 4.57 Å². The molecule has 1 amide bonds. The van der Waals surface area contributed by atoms with Gasteiger partial charge in [-0.15, -0.1) is 4.91 Å². The molecule has 0 aliphatic carbocycles. The zero-order chi connectivity index (χ0) is 32.0. The molecule has 0 bridgehead atoms. The molecule has 3 aromatic carbocycles. The largest absolute Gasteiger partial charge is 0.508 e. The minimum absolute atomic E-state index is 0.0118. The number of aromatic hydroxyl groups is 1. The van der Waals surface area contributed by atoms with Crippen LogP contribution in [0.15, 0.2) is 65.8 Å². The molecule has 1 heterocycles. The van der Waals surface area contributed by atoms with Gasteiger partial charge >= 0.3 is 12.0 Å². The zero-order valence-corrected chi connectivity index (χ0v) is 24.7. The van der Waals surface area contributed by atoms with Crippen LogP contribution in [-0.4, -0.2) is 38.9 Å². The van der Waals surface area contributed by atoms with Gasteiger partial charge in [-0.05, 0) is 72.5 Å². The lowest BCUT2D eigenvalue weighted by atomic mass is 9.98. The number of carbonyl (C=O) groups is 2. The minimum atomic E-state index is -3.39. The van der Waals surface area contributed by atoms with Gasteiger partial charge in [-0.25, -0.2) is 0 Å². The van der Waals surface area contributed by atoms with Crippen molar-refractivity contribution in [2.75, 3.05) is 0 Å². The van der Waals surface area contributed by atoms with E-state index in [9.17, 15) is 33.5 Å². The Labute approximate surface area is 253 Å². The Morgan fingerprint density at radius 1 is 0.932 bits per heavy atom. The van der Waals surface area contributed by atoms with Crippen molar-refractivity contribution in [2.24, 2.45) is 5.18 Å². The van der Waals surface area contributed by atoms with Crippen LogP contribution in [0.1, 0.15) is 72.8 Å². The van der Waals surface area contributed by atoms with E-state index < -0.39 is 24.7 Å². The quantitative estimate of drug-likeness (QED) is 0.0905. The first kappa shape index (κ1) is 32.3. The summed E-state index contributed by atoms with van der Waals surface area (Å²) < 4.78 is 40.7.